The minimum atomic E-state index is -0.196. The fourth-order valence-electron chi connectivity index (χ4n) is 3.18. The lowest BCUT2D eigenvalue weighted by molar-refractivity contribution is 0.0413. The lowest BCUT2D eigenvalue weighted by Gasteiger charge is -2.33. The van der Waals surface area contributed by atoms with Crippen LogP contribution in [0.25, 0.3) is 0 Å². The van der Waals surface area contributed by atoms with E-state index in [4.69, 9.17) is 4.74 Å². The summed E-state index contributed by atoms with van der Waals surface area (Å²) in [6, 6.07) is 5.35. The van der Waals surface area contributed by atoms with Gasteiger partial charge < -0.3 is 4.74 Å². The van der Waals surface area contributed by atoms with Crippen molar-refractivity contribution in [2.75, 3.05) is 11.9 Å². The highest BCUT2D eigenvalue weighted by molar-refractivity contribution is 9.10. The maximum Gasteiger partial charge on any atom is 0.137 e. The Hall–Kier alpha value is 0.0700. The molecule has 1 aliphatic heterocycles. The minimum absolute atomic E-state index is 0.179. The lowest BCUT2D eigenvalue weighted by atomic mass is 9.76. The highest BCUT2D eigenvalue weighted by Crippen LogP contribution is 2.50. The van der Waals surface area contributed by atoms with E-state index in [9.17, 15) is 4.39 Å². The Morgan fingerprint density at radius 2 is 2.16 bits per heavy atom. The first kappa shape index (κ1) is 14.0. The number of alkyl halides is 1. The van der Waals surface area contributed by atoms with Gasteiger partial charge in [0.1, 0.15) is 5.82 Å². The third-order valence-electron chi connectivity index (χ3n) is 4.36. The van der Waals surface area contributed by atoms with Crippen molar-refractivity contribution in [3.05, 3.63) is 34.1 Å². The molecule has 4 heteroatoms. The van der Waals surface area contributed by atoms with Gasteiger partial charge in [0.2, 0.25) is 0 Å². The van der Waals surface area contributed by atoms with Crippen LogP contribution in [-0.4, -0.2) is 18.0 Å². The highest BCUT2D eigenvalue weighted by Gasteiger charge is 2.50. The second-order valence-electron chi connectivity index (χ2n) is 5.80. The van der Waals surface area contributed by atoms with E-state index in [0.29, 0.717) is 10.6 Å². The first-order valence-electron chi connectivity index (χ1n) is 6.76. The summed E-state index contributed by atoms with van der Waals surface area (Å²) in [5.41, 5.74) is 1.36. The largest absolute Gasteiger partial charge is 0.377 e. The Bertz CT molecular complexity index is 475. The smallest absolute Gasteiger partial charge is 0.137 e. The van der Waals surface area contributed by atoms with Gasteiger partial charge in [-0.05, 0) is 65.2 Å². The molecule has 0 bridgehead atoms. The van der Waals surface area contributed by atoms with Gasteiger partial charge in [-0.2, -0.15) is 0 Å². The summed E-state index contributed by atoms with van der Waals surface area (Å²) >= 11 is 6.97. The average Bonchev–Trinajstić information content (AvgIpc) is 3.16. The number of hydrogen-bond donors (Lipinski definition) is 0. The molecule has 1 saturated carbocycles. The van der Waals surface area contributed by atoms with Gasteiger partial charge in [-0.25, -0.2) is 4.39 Å². The standard InChI is InChI=1S/C15H17Br2FO/c16-9-15(5-6-19-14(15)11-2-3-11)8-10-1-4-13(18)12(17)7-10/h1,4,7,11,14H,2-3,5-6,8-9H2. The van der Waals surface area contributed by atoms with Crippen LogP contribution in [-0.2, 0) is 11.2 Å². The summed E-state index contributed by atoms with van der Waals surface area (Å²) < 4.78 is 19.9. The third kappa shape index (κ3) is 2.77. The van der Waals surface area contributed by atoms with E-state index < -0.39 is 0 Å². The molecule has 0 radical (unpaired) electrons. The minimum Gasteiger partial charge on any atom is -0.377 e. The van der Waals surface area contributed by atoms with Gasteiger partial charge in [0.25, 0.3) is 0 Å². The molecule has 0 amide bonds. The number of halogens is 3. The van der Waals surface area contributed by atoms with Crippen molar-refractivity contribution in [2.24, 2.45) is 11.3 Å². The molecular formula is C15H17Br2FO. The molecule has 1 saturated heterocycles. The van der Waals surface area contributed by atoms with E-state index >= 15 is 0 Å². The van der Waals surface area contributed by atoms with Gasteiger partial charge >= 0.3 is 0 Å². The van der Waals surface area contributed by atoms with Crippen LogP contribution in [0.2, 0.25) is 0 Å². The highest BCUT2D eigenvalue weighted by atomic mass is 79.9. The lowest BCUT2D eigenvalue weighted by Crippen LogP contribution is -2.36. The SMILES string of the molecule is Fc1ccc(CC2(CBr)CCOC2C2CC2)cc1Br. The molecule has 0 spiro atoms. The van der Waals surface area contributed by atoms with E-state index in [0.717, 1.165) is 30.7 Å². The molecular weight excluding hydrogens is 375 g/mol. The molecule has 1 aromatic rings. The number of benzene rings is 1. The fourth-order valence-corrected chi connectivity index (χ4v) is 4.40. The van der Waals surface area contributed by atoms with Crippen LogP contribution in [0, 0.1) is 17.2 Å². The number of ether oxygens (including phenoxy) is 1. The van der Waals surface area contributed by atoms with Crippen LogP contribution in [0.3, 0.4) is 0 Å². The second-order valence-corrected chi connectivity index (χ2v) is 7.22. The molecule has 104 valence electrons. The Morgan fingerprint density at radius 3 is 2.79 bits per heavy atom. The quantitative estimate of drug-likeness (QED) is 0.675. The molecule has 1 heterocycles. The molecule has 2 aliphatic rings. The Balaban J connectivity index is 1.83. The van der Waals surface area contributed by atoms with Crippen molar-refractivity contribution in [1.82, 2.24) is 0 Å². The van der Waals surface area contributed by atoms with Crippen LogP contribution in [0.1, 0.15) is 24.8 Å². The molecule has 2 unspecified atom stereocenters. The first-order valence-corrected chi connectivity index (χ1v) is 8.67. The van der Waals surface area contributed by atoms with Crippen LogP contribution < -0.4 is 0 Å². The number of hydrogen-bond acceptors (Lipinski definition) is 1. The number of rotatable bonds is 4. The van der Waals surface area contributed by atoms with Gasteiger partial charge in [-0.1, -0.05) is 22.0 Å². The van der Waals surface area contributed by atoms with E-state index in [2.05, 4.69) is 31.9 Å². The molecule has 2 fully saturated rings. The van der Waals surface area contributed by atoms with E-state index in [1.807, 2.05) is 12.1 Å². The molecule has 2 atom stereocenters. The summed E-state index contributed by atoms with van der Waals surface area (Å²) in [5.74, 6) is 0.544. The van der Waals surface area contributed by atoms with Crippen molar-refractivity contribution < 1.29 is 9.13 Å². The fraction of sp³-hybridized carbons (Fsp3) is 0.600. The molecule has 1 aliphatic carbocycles. The van der Waals surface area contributed by atoms with Crippen molar-refractivity contribution in [3.8, 4) is 0 Å². The van der Waals surface area contributed by atoms with Gasteiger partial charge in [-0.3, -0.25) is 0 Å². The maximum absolute atomic E-state index is 13.3. The predicted molar refractivity (Wildman–Crippen MR) is 81.1 cm³/mol. The topological polar surface area (TPSA) is 9.23 Å². The van der Waals surface area contributed by atoms with Gasteiger partial charge in [0, 0.05) is 17.4 Å². The Labute approximate surface area is 130 Å². The summed E-state index contributed by atoms with van der Waals surface area (Å²) in [5, 5.41) is 0.955. The predicted octanol–water partition coefficient (Wildman–Crippen LogP) is 4.71. The zero-order valence-corrected chi connectivity index (χ0v) is 13.8. The maximum atomic E-state index is 13.3. The van der Waals surface area contributed by atoms with Gasteiger partial charge in [-0.15, -0.1) is 0 Å². The molecule has 1 aromatic carbocycles. The monoisotopic (exact) mass is 390 g/mol. The molecule has 1 nitrogen and oxygen atoms in total. The Kier molecular flexibility index (Phi) is 4.03. The third-order valence-corrected chi connectivity index (χ3v) is 6.08. The summed E-state index contributed by atoms with van der Waals surface area (Å²) in [6.45, 7) is 0.856. The van der Waals surface area contributed by atoms with Crippen molar-refractivity contribution >= 4 is 31.9 Å². The zero-order chi connectivity index (χ0) is 13.5. The van der Waals surface area contributed by atoms with Crippen LogP contribution >= 0.6 is 31.9 Å². The average molecular weight is 392 g/mol. The van der Waals surface area contributed by atoms with Crippen LogP contribution in [0.15, 0.2) is 22.7 Å². The van der Waals surface area contributed by atoms with Crippen LogP contribution in [0.4, 0.5) is 4.39 Å². The van der Waals surface area contributed by atoms with E-state index in [1.54, 1.807) is 6.07 Å². The summed E-state index contributed by atoms with van der Waals surface area (Å²) in [6.07, 6.45) is 5.02. The van der Waals surface area contributed by atoms with Crippen molar-refractivity contribution in [3.63, 3.8) is 0 Å². The summed E-state index contributed by atoms with van der Waals surface area (Å²) in [4.78, 5) is 0. The van der Waals surface area contributed by atoms with Crippen molar-refractivity contribution in [2.45, 2.75) is 31.8 Å². The van der Waals surface area contributed by atoms with Gasteiger partial charge in [0.15, 0.2) is 0 Å². The molecule has 0 aromatic heterocycles. The Morgan fingerprint density at radius 1 is 1.37 bits per heavy atom. The second kappa shape index (κ2) is 5.45. The summed E-state index contributed by atoms with van der Waals surface area (Å²) in [7, 11) is 0. The molecule has 3 rings (SSSR count). The normalized spacial score (nSPS) is 30.8. The van der Waals surface area contributed by atoms with Crippen LogP contribution in [0.5, 0.6) is 0 Å². The first-order chi connectivity index (χ1) is 9.14. The van der Waals surface area contributed by atoms with E-state index in [1.165, 1.54) is 18.4 Å². The van der Waals surface area contributed by atoms with Crippen molar-refractivity contribution in [1.29, 1.82) is 0 Å². The van der Waals surface area contributed by atoms with E-state index in [-0.39, 0.29) is 11.2 Å². The van der Waals surface area contributed by atoms with Gasteiger partial charge in [0.05, 0.1) is 10.6 Å². The zero-order valence-electron chi connectivity index (χ0n) is 10.7. The molecule has 0 N–H and O–H groups in total. The molecule has 19 heavy (non-hydrogen) atoms.